The van der Waals surface area contributed by atoms with E-state index in [-0.39, 0.29) is 81.8 Å². The van der Waals surface area contributed by atoms with E-state index in [4.69, 9.17) is 13.8 Å². The van der Waals surface area contributed by atoms with E-state index in [1.54, 1.807) is 78.0 Å². The Morgan fingerprint density at radius 3 is 1.38 bits per heavy atom. The molecule has 0 saturated carbocycles. The summed E-state index contributed by atoms with van der Waals surface area (Å²) in [6, 6.07) is 12.6. The van der Waals surface area contributed by atoms with Crippen molar-refractivity contribution in [2.75, 3.05) is 62.2 Å². The minimum absolute atomic E-state index is 0.0253. The largest absolute Gasteiger partial charge is 0.481 e. The van der Waals surface area contributed by atoms with Gasteiger partial charge in [0.2, 0.25) is 65.0 Å². The van der Waals surface area contributed by atoms with E-state index >= 15 is 19.2 Å². The maximum absolute atomic E-state index is 15.6. The van der Waals surface area contributed by atoms with Gasteiger partial charge in [-0.2, -0.15) is 0 Å². The Morgan fingerprint density at radius 2 is 0.909 bits per heavy atom. The summed E-state index contributed by atoms with van der Waals surface area (Å²) in [6.45, 7) is 27.4. The molecule has 0 spiro atoms. The lowest BCUT2D eigenvalue weighted by Crippen LogP contribution is -2.63. The lowest BCUT2D eigenvalue weighted by Gasteiger charge is -2.41. The number of ether oxygens (including phenoxy) is 1. The Balaban J connectivity index is 1.83. The smallest absolute Gasteiger partial charge is 0.368 e. The van der Waals surface area contributed by atoms with Gasteiger partial charge in [0.25, 0.3) is 0 Å². The van der Waals surface area contributed by atoms with Gasteiger partial charge in [-0.3, -0.25) is 57.3 Å². The molecule has 110 heavy (non-hydrogen) atoms. The van der Waals surface area contributed by atoms with Gasteiger partial charge < -0.3 is 74.5 Å². The molecule has 27 nitrogen and oxygen atoms in total. The van der Waals surface area contributed by atoms with Crippen LogP contribution in [0.2, 0.25) is 0 Å². The number of benzene rings is 3. The molecular weight excluding hydrogens is 1430 g/mol. The topological polar surface area (TPSA) is 324 Å². The summed E-state index contributed by atoms with van der Waals surface area (Å²) in [7, 11) is 6.01. The van der Waals surface area contributed by atoms with Crippen LogP contribution in [-0.4, -0.2) is 233 Å². The monoisotopic (exact) mass is 1550 g/mol. The Kier molecular flexibility index (Phi) is 37.5. The van der Waals surface area contributed by atoms with Gasteiger partial charge in [0.05, 0.1) is 25.9 Å². The fourth-order valence-electron chi connectivity index (χ4n) is 13.2. The summed E-state index contributed by atoms with van der Waals surface area (Å²) in [6.07, 6.45) is 2.12. The van der Waals surface area contributed by atoms with Crippen molar-refractivity contribution in [2.45, 2.75) is 229 Å². The summed E-state index contributed by atoms with van der Waals surface area (Å²) in [4.78, 5) is 171. The maximum Gasteiger partial charge on any atom is 0.368 e. The first-order valence-electron chi connectivity index (χ1n) is 38.6. The molecule has 1 fully saturated rings. The van der Waals surface area contributed by atoms with Crippen molar-refractivity contribution in [3.8, 4) is 5.75 Å². The minimum Gasteiger partial charge on any atom is -0.481 e. The molecule has 1 aliphatic rings. The standard InChI is InChI=1S/C82H128N11O16P/c1-24-63-78(101)87(17)46-68(94)88(18)64(42-50(2)3)75(98)86-69(54(10)11)81(104)89(19)65(43-51(4)5)74(97)83-57(15)73(96)84-58(16)77(100)90(20)66(44-52(6)7)79(102)91(21)67(45-53(8)9)80(103)92(22)70(55(12)13)82(105)93(23)71(76(99)85-63)72(95)56(14)32-31-37-59-38-40-62(41-39-59)107-49-110(106,108-47-60-33-27-25-28-34-60)109-48-61-35-29-26-30-36-61/h25-31,33-41,50-58,63-67,69-72,95H,24,32,42-49H2,1-23H3,(H,83,97)(H,84,96)(H,85,99)(H,86,98)/t56-,57+,58-,63+,64+,65+,66+,67+,69+,70+,71+,72-/m1/s1. The summed E-state index contributed by atoms with van der Waals surface area (Å²) >= 11 is 0. The highest BCUT2D eigenvalue weighted by Gasteiger charge is 2.46. The summed E-state index contributed by atoms with van der Waals surface area (Å²) in [5.74, 6) is -10.1. The van der Waals surface area contributed by atoms with E-state index < -0.39 is 163 Å². The zero-order valence-corrected chi connectivity index (χ0v) is 70.2. The third-order valence-electron chi connectivity index (χ3n) is 20.0. The molecule has 612 valence electrons. The van der Waals surface area contributed by atoms with Gasteiger partial charge in [-0.25, -0.2) is 0 Å². The number of nitrogens with zero attached hydrogens (tertiary/aromatic N) is 7. The first-order chi connectivity index (χ1) is 51.5. The quantitative estimate of drug-likeness (QED) is 0.0497. The predicted octanol–water partition coefficient (Wildman–Crippen LogP) is 8.37. The number of allylic oxidation sites excluding steroid dienone is 1. The number of hydrogen-bond donors (Lipinski definition) is 5. The molecule has 12 atom stereocenters. The number of amides is 11. The zero-order chi connectivity index (χ0) is 82.9. The Hall–Kier alpha value is -8.52. The molecule has 28 heteroatoms. The SMILES string of the molecule is CC[C@@H]1NC(=O)[C@H]([C@H](O)[C@H](C)CC=Cc2ccc(OCP(=O)(OCc3ccccc3)OCc3ccccc3)cc2)N(C)C(=O)[C@H](C(C)C)N(C)C(=O)[C@H](CC(C)C)N(C)C(=O)[C@H](CC(C)C)N(C)C(=O)[C@@H](C)NC(=O)[C@H](C)NC(=O)[C@H](CC(C)C)N(C)C(=O)[C@H](C(C)C)NC(=O)[C@H](CC(C)C)N(C)C(=O)CN(C)C1=O. The van der Waals surface area contributed by atoms with Crippen molar-refractivity contribution in [3.05, 3.63) is 108 Å². The summed E-state index contributed by atoms with van der Waals surface area (Å²) < 4.78 is 32.0. The highest BCUT2D eigenvalue weighted by atomic mass is 31.2. The van der Waals surface area contributed by atoms with Gasteiger partial charge in [0.1, 0.15) is 66.2 Å². The highest BCUT2D eigenvalue weighted by molar-refractivity contribution is 7.53. The van der Waals surface area contributed by atoms with Gasteiger partial charge in [-0.1, -0.05) is 182 Å². The average molecular weight is 1550 g/mol. The zero-order valence-electron chi connectivity index (χ0n) is 69.3. The number of carbonyl (C=O) groups is 11. The van der Waals surface area contributed by atoms with E-state index in [9.17, 15) is 43.2 Å². The third kappa shape index (κ3) is 27.4. The van der Waals surface area contributed by atoms with Crippen LogP contribution >= 0.6 is 7.60 Å². The van der Waals surface area contributed by atoms with Gasteiger partial charge in [-0.05, 0) is 123 Å². The van der Waals surface area contributed by atoms with Crippen molar-refractivity contribution < 1.29 is 76.2 Å². The first kappa shape index (κ1) is 93.9. The van der Waals surface area contributed by atoms with Crippen LogP contribution in [0.1, 0.15) is 166 Å². The van der Waals surface area contributed by atoms with Crippen LogP contribution in [0.25, 0.3) is 6.08 Å². The lowest BCUT2D eigenvalue weighted by molar-refractivity contribution is -0.157. The van der Waals surface area contributed by atoms with Crippen LogP contribution in [0.5, 0.6) is 5.75 Å². The number of rotatable bonds is 25. The molecule has 3 aromatic carbocycles. The predicted molar refractivity (Wildman–Crippen MR) is 425 cm³/mol. The normalized spacial score (nSPS) is 23.5. The van der Waals surface area contributed by atoms with Crippen molar-refractivity contribution >= 4 is 78.7 Å². The van der Waals surface area contributed by atoms with Gasteiger partial charge in [0.15, 0.2) is 6.35 Å². The number of hydrogen-bond acceptors (Lipinski definition) is 16. The Morgan fingerprint density at radius 1 is 0.473 bits per heavy atom. The van der Waals surface area contributed by atoms with Crippen LogP contribution in [0, 0.1) is 41.4 Å². The van der Waals surface area contributed by atoms with Crippen molar-refractivity contribution in [1.29, 1.82) is 0 Å². The number of nitrogens with one attached hydrogen (secondary N) is 4. The van der Waals surface area contributed by atoms with E-state index in [1.807, 2.05) is 116 Å². The molecule has 0 radical (unpaired) electrons. The fraction of sp³-hybridized carbons (Fsp3) is 0.622. The van der Waals surface area contributed by atoms with E-state index in [1.165, 1.54) is 87.7 Å². The maximum atomic E-state index is 15.6. The Labute approximate surface area is 653 Å². The van der Waals surface area contributed by atoms with E-state index in [0.29, 0.717) is 11.3 Å². The van der Waals surface area contributed by atoms with Crippen molar-refractivity contribution in [3.63, 3.8) is 0 Å². The molecule has 5 N–H and O–H groups in total. The first-order valence-corrected chi connectivity index (χ1v) is 40.3. The Bertz CT molecular complexity index is 3570. The molecule has 11 amide bonds. The lowest BCUT2D eigenvalue weighted by atomic mass is 9.91. The second-order valence-corrected chi connectivity index (χ2v) is 33.9. The summed E-state index contributed by atoms with van der Waals surface area (Å²) in [5.41, 5.74) is 2.30. The van der Waals surface area contributed by atoms with Crippen LogP contribution in [-0.2, 0) is 79.6 Å². The molecule has 4 rings (SSSR count). The molecule has 0 unspecified atom stereocenters. The number of aliphatic hydroxyl groups excluding tert-OH is 1. The third-order valence-corrected chi connectivity index (χ3v) is 21.5. The second-order valence-electron chi connectivity index (χ2n) is 31.9. The van der Waals surface area contributed by atoms with Crippen LogP contribution in [0.4, 0.5) is 0 Å². The van der Waals surface area contributed by atoms with Gasteiger partial charge >= 0.3 is 7.60 Å². The number of carbonyl (C=O) groups excluding carboxylic acids is 11. The minimum atomic E-state index is -3.82. The van der Waals surface area contributed by atoms with E-state index in [2.05, 4.69) is 21.3 Å². The molecule has 1 heterocycles. The molecular formula is C82H128N11O16P. The number of likely N-dealkylation sites (N-methyl/N-ethyl adjacent to an activating group) is 7. The van der Waals surface area contributed by atoms with Gasteiger partial charge in [-0.15, -0.1) is 0 Å². The molecule has 1 aliphatic heterocycles. The average Bonchev–Trinajstić information content (AvgIpc) is 0.797. The van der Waals surface area contributed by atoms with Gasteiger partial charge in [0, 0.05) is 49.3 Å². The number of aliphatic hydroxyl groups is 1. The van der Waals surface area contributed by atoms with Crippen LogP contribution in [0.15, 0.2) is 91.0 Å². The fourth-order valence-corrected chi connectivity index (χ4v) is 14.4. The molecule has 3 aromatic rings. The van der Waals surface area contributed by atoms with Crippen LogP contribution < -0.4 is 26.0 Å². The molecule has 0 aliphatic carbocycles. The van der Waals surface area contributed by atoms with Crippen LogP contribution in [0.3, 0.4) is 0 Å². The van der Waals surface area contributed by atoms with Crippen molar-refractivity contribution in [2.24, 2.45) is 41.4 Å². The van der Waals surface area contributed by atoms with Crippen molar-refractivity contribution in [1.82, 2.24) is 55.6 Å². The second kappa shape index (κ2) is 43.9. The summed E-state index contributed by atoms with van der Waals surface area (Å²) in [5, 5.41) is 23.7. The highest BCUT2D eigenvalue weighted by Crippen LogP contribution is 2.50. The molecule has 0 bridgehead atoms. The van der Waals surface area contributed by atoms with E-state index in [0.717, 1.165) is 20.9 Å². The molecule has 0 aromatic heterocycles. The molecule has 1 saturated heterocycles.